The van der Waals surface area contributed by atoms with E-state index >= 15 is 0 Å². The highest BCUT2D eigenvalue weighted by Crippen LogP contribution is 2.31. The predicted octanol–water partition coefficient (Wildman–Crippen LogP) is 2.17. The molecule has 3 rings (SSSR count). The van der Waals surface area contributed by atoms with Crippen LogP contribution in [-0.2, 0) is 17.9 Å². The maximum absolute atomic E-state index is 12.3. The summed E-state index contributed by atoms with van der Waals surface area (Å²) in [5, 5.41) is 3.17. The van der Waals surface area contributed by atoms with E-state index in [2.05, 4.69) is 37.8 Å². The summed E-state index contributed by atoms with van der Waals surface area (Å²) in [6, 6.07) is 0.436. The Balaban J connectivity index is 0.00000169. The van der Waals surface area contributed by atoms with Crippen LogP contribution in [-0.4, -0.2) is 64.5 Å². The van der Waals surface area contributed by atoms with Gasteiger partial charge in [0.1, 0.15) is 5.82 Å². The first kappa shape index (κ1) is 23.2. The third-order valence-corrected chi connectivity index (χ3v) is 5.46. The van der Waals surface area contributed by atoms with Crippen molar-refractivity contribution in [2.45, 2.75) is 51.7 Å². The van der Waals surface area contributed by atoms with Crippen molar-refractivity contribution in [1.29, 1.82) is 0 Å². The van der Waals surface area contributed by atoms with Gasteiger partial charge in [0, 0.05) is 57.6 Å². The number of nitrogens with one attached hydrogen (secondary N) is 1. The fraction of sp³-hybridized carbons (Fsp3) is 0.778. The fourth-order valence-electron chi connectivity index (χ4n) is 4.23. The summed E-state index contributed by atoms with van der Waals surface area (Å²) in [7, 11) is 1.95. The number of halogens is 2. The van der Waals surface area contributed by atoms with Crippen molar-refractivity contribution in [1.82, 2.24) is 24.7 Å². The molecule has 0 aromatic carbocycles. The highest BCUT2D eigenvalue weighted by molar-refractivity contribution is 5.85. The van der Waals surface area contributed by atoms with E-state index in [1.165, 1.54) is 5.82 Å². The molecule has 6 nitrogen and oxygen atoms in total. The Kier molecular flexibility index (Phi) is 9.93. The van der Waals surface area contributed by atoms with Crippen LogP contribution in [0.3, 0.4) is 0 Å². The second-order valence-corrected chi connectivity index (χ2v) is 7.12. The van der Waals surface area contributed by atoms with Crippen molar-refractivity contribution in [2.75, 3.05) is 33.2 Å². The lowest BCUT2D eigenvalue weighted by atomic mass is 9.83. The largest absolute Gasteiger partial charge is 0.338 e. The first-order valence-corrected chi connectivity index (χ1v) is 9.39. The summed E-state index contributed by atoms with van der Waals surface area (Å²) in [5.74, 6) is 2.13. The van der Waals surface area contributed by atoms with Gasteiger partial charge < -0.3 is 14.8 Å². The molecule has 2 aliphatic heterocycles. The first-order chi connectivity index (χ1) is 11.7. The molecule has 2 fully saturated rings. The number of aryl methyl sites for hydroxylation is 1. The average Bonchev–Trinajstić information content (AvgIpc) is 3.01. The summed E-state index contributed by atoms with van der Waals surface area (Å²) < 4.78 is 2.27. The van der Waals surface area contributed by atoms with Gasteiger partial charge in [-0.15, -0.1) is 24.8 Å². The van der Waals surface area contributed by atoms with Crippen LogP contribution in [0.1, 0.15) is 38.4 Å². The zero-order valence-corrected chi connectivity index (χ0v) is 17.5. The molecular weight excluding hydrogens is 373 g/mol. The quantitative estimate of drug-likeness (QED) is 0.754. The normalized spacial score (nSPS) is 23.2. The molecule has 1 aromatic heterocycles. The summed E-state index contributed by atoms with van der Waals surface area (Å²) in [6.07, 6.45) is 7.98. The number of amides is 1. The lowest BCUT2D eigenvalue weighted by Crippen LogP contribution is -2.56. The highest BCUT2D eigenvalue weighted by Gasteiger charge is 2.39. The topological polar surface area (TPSA) is 53.4 Å². The maximum atomic E-state index is 12.3. The zero-order chi connectivity index (χ0) is 16.9. The lowest BCUT2D eigenvalue weighted by Gasteiger charge is -2.47. The summed E-state index contributed by atoms with van der Waals surface area (Å²) in [6.45, 7) is 8.05. The Morgan fingerprint density at radius 1 is 1.27 bits per heavy atom. The third-order valence-electron chi connectivity index (χ3n) is 5.46. The number of nitrogens with zero attached hydrogens (tertiary/aromatic N) is 4. The van der Waals surface area contributed by atoms with Crippen LogP contribution >= 0.6 is 24.8 Å². The first-order valence-electron chi connectivity index (χ1n) is 9.39. The molecule has 0 bridgehead atoms. The molecule has 0 aliphatic carbocycles. The molecule has 2 aliphatic rings. The van der Waals surface area contributed by atoms with E-state index in [1.54, 1.807) is 0 Å². The molecular formula is C18H33Cl2N5O. The standard InChI is InChI=1S/C18H31N5O.2ClH/c1-3-9-22-11-8-20-17(22)14-21-10-6-16-15(13-21)4-5-18(24)23(16)12-7-19-2;;/h8,11,15-16,19H,3-7,9-10,12-14H2,1-2H3;2*1H/t15-,16+;;/m0../s1. The number of imidazole rings is 1. The minimum atomic E-state index is 0. The van der Waals surface area contributed by atoms with Crippen LogP contribution < -0.4 is 5.32 Å². The average molecular weight is 406 g/mol. The van der Waals surface area contributed by atoms with Gasteiger partial charge in [-0.3, -0.25) is 9.69 Å². The number of carbonyl (C=O) groups excluding carboxylic acids is 1. The van der Waals surface area contributed by atoms with Crippen molar-refractivity contribution in [3.63, 3.8) is 0 Å². The number of aromatic nitrogens is 2. The lowest BCUT2D eigenvalue weighted by molar-refractivity contribution is -0.141. The van der Waals surface area contributed by atoms with Crippen LogP contribution in [0.5, 0.6) is 0 Å². The molecule has 0 radical (unpaired) electrons. The molecule has 8 heteroatoms. The fourth-order valence-corrected chi connectivity index (χ4v) is 4.23. The van der Waals surface area contributed by atoms with Gasteiger partial charge in [-0.1, -0.05) is 6.92 Å². The van der Waals surface area contributed by atoms with Gasteiger partial charge in [-0.05, 0) is 32.2 Å². The second-order valence-electron chi connectivity index (χ2n) is 7.12. The number of hydrogen-bond acceptors (Lipinski definition) is 4. The van der Waals surface area contributed by atoms with Gasteiger partial charge in [0.25, 0.3) is 0 Å². The number of carbonyl (C=O) groups is 1. The van der Waals surface area contributed by atoms with E-state index < -0.39 is 0 Å². The van der Waals surface area contributed by atoms with Gasteiger partial charge in [-0.25, -0.2) is 4.98 Å². The molecule has 1 aromatic rings. The molecule has 2 atom stereocenters. The van der Waals surface area contributed by atoms with Crippen LogP contribution in [0, 0.1) is 5.92 Å². The molecule has 1 N–H and O–H groups in total. The number of likely N-dealkylation sites (N-methyl/N-ethyl adjacent to an activating group) is 1. The second kappa shape index (κ2) is 11.1. The highest BCUT2D eigenvalue weighted by atomic mass is 35.5. The van der Waals surface area contributed by atoms with E-state index in [4.69, 9.17) is 0 Å². The molecule has 1 amide bonds. The van der Waals surface area contributed by atoms with Gasteiger partial charge in [0.05, 0.1) is 6.54 Å². The SMILES string of the molecule is CCCn1ccnc1CN1CC[C@@H]2[C@@H](CCC(=O)N2CCNC)C1.Cl.Cl. The predicted molar refractivity (Wildman–Crippen MR) is 109 cm³/mol. The smallest absolute Gasteiger partial charge is 0.222 e. The summed E-state index contributed by atoms with van der Waals surface area (Å²) in [4.78, 5) is 21.5. The van der Waals surface area contributed by atoms with Crippen molar-refractivity contribution in [3.8, 4) is 0 Å². The van der Waals surface area contributed by atoms with Gasteiger partial charge in [0.2, 0.25) is 5.91 Å². The minimum Gasteiger partial charge on any atom is -0.338 e. The van der Waals surface area contributed by atoms with Crippen LogP contribution in [0.25, 0.3) is 0 Å². The van der Waals surface area contributed by atoms with Gasteiger partial charge in [-0.2, -0.15) is 0 Å². The van der Waals surface area contributed by atoms with E-state index in [9.17, 15) is 4.79 Å². The Labute approximate surface area is 169 Å². The van der Waals surface area contributed by atoms with E-state index in [1.807, 2.05) is 13.2 Å². The Bertz CT molecular complexity index is 553. The Morgan fingerprint density at radius 2 is 2.08 bits per heavy atom. The number of likely N-dealkylation sites (tertiary alicyclic amines) is 2. The molecule has 0 spiro atoms. The van der Waals surface area contributed by atoms with Gasteiger partial charge in [0.15, 0.2) is 0 Å². The molecule has 3 heterocycles. The van der Waals surface area contributed by atoms with Crippen molar-refractivity contribution < 1.29 is 4.79 Å². The monoisotopic (exact) mass is 405 g/mol. The third kappa shape index (κ3) is 5.35. The number of piperidine rings is 2. The number of rotatable bonds is 7. The maximum Gasteiger partial charge on any atom is 0.222 e. The molecule has 2 saturated heterocycles. The molecule has 0 saturated carbocycles. The number of hydrogen-bond donors (Lipinski definition) is 1. The van der Waals surface area contributed by atoms with Crippen molar-refractivity contribution >= 4 is 30.7 Å². The summed E-state index contributed by atoms with van der Waals surface area (Å²) in [5.41, 5.74) is 0. The van der Waals surface area contributed by atoms with Gasteiger partial charge >= 0.3 is 0 Å². The van der Waals surface area contributed by atoms with E-state index in [0.717, 1.165) is 58.5 Å². The van der Waals surface area contributed by atoms with Crippen LogP contribution in [0.15, 0.2) is 12.4 Å². The molecule has 0 unspecified atom stereocenters. The molecule has 150 valence electrons. The van der Waals surface area contributed by atoms with E-state index in [0.29, 0.717) is 24.3 Å². The Hall–Kier alpha value is -0.820. The molecule has 26 heavy (non-hydrogen) atoms. The minimum absolute atomic E-state index is 0. The van der Waals surface area contributed by atoms with Crippen molar-refractivity contribution in [2.24, 2.45) is 5.92 Å². The summed E-state index contributed by atoms with van der Waals surface area (Å²) >= 11 is 0. The van der Waals surface area contributed by atoms with Crippen LogP contribution in [0.4, 0.5) is 0 Å². The van der Waals surface area contributed by atoms with Crippen LogP contribution in [0.2, 0.25) is 0 Å². The zero-order valence-electron chi connectivity index (χ0n) is 15.9. The van der Waals surface area contributed by atoms with Crippen molar-refractivity contribution in [3.05, 3.63) is 18.2 Å². The number of fused-ring (bicyclic) bond motifs is 1. The Morgan fingerprint density at radius 3 is 2.81 bits per heavy atom. The van der Waals surface area contributed by atoms with E-state index in [-0.39, 0.29) is 24.8 Å².